The largest absolute Gasteiger partial charge is 0.352 e. The molecule has 0 saturated heterocycles. The molecule has 0 bridgehead atoms. The van der Waals surface area contributed by atoms with E-state index < -0.39 is 0 Å². The van der Waals surface area contributed by atoms with E-state index in [1.54, 1.807) is 0 Å². The minimum Gasteiger partial charge on any atom is -0.352 e. The Bertz CT molecular complexity index is 444. The van der Waals surface area contributed by atoms with Crippen LogP contribution in [0, 0.1) is 6.92 Å². The SMILES string of the molecule is Cc1cccc(CCC(=O)NC2CCCCCC2N)c1. The summed E-state index contributed by atoms with van der Waals surface area (Å²) in [6.45, 7) is 2.08. The van der Waals surface area contributed by atoms with E-state index >= 15 is 0 Å². The second-order valence-corrected chi connectivity index (χ2v) is 5.96. The Kier molecular flexibility index (Phi) is 5.60. The molecule has 1 aromatic carbocycles. The molecule has 3 nitrogen and oxygen atoms in total. The maximum atomic E-state index is 12.1. The highest BCUT2D eigenvalue weighted by Crippen LogP contribution is 2.17. The lowest BCUT2D eigenvalue weighted by molar-refractivity contribution is -0.121. The summed E-state index contributed by atoms with van der Waals surface area (Å²) in [7, 11) is 0. The van der Waals surface area contributed by atoms with Crippen LogP contribution in [0.4, 0.5) is 0 Å². The van der Waals surface area contributed by atoms with Crippen molar-refractivity contribution in [3.63, 3.8) is 0 Å². The Morgan fingerprint density at radius 1 is 1.30 bits per heavy atom. The van der Waals surface area contributed by atoms with Crippen LogP contribution in [0.25, 0.3) is 0 Å². The van der Waals surface area contributed by atoms with E-state index in [0.29, 0.717) is 6.42 Å². The summed E-state index contributed by atoms with van der Waals surface area (Å²) < 4.78 is 0. The van der Waals surface area contributed by atoms with E-state index in [1.807, 2.05) is 6.07 Å². The van der Waals surface area contributed by atoms with E-state index in [-0.39, 0.29) is 18.0 Å². The zero-order valence-electron chi connectivity index (χ0n) is 12.4. The molecule has 1 aromatic rings. The maximum Gasteiger partial charge on any atom is 0.220 e. The monoisotopic (exact) mass is 274 g/mol. The van der Waals surface area contributed by atoms with Crippen LogP contribution in [0.3, 0.4) is 0 Å². The number of amides is 1. The van der Waals surface area contributed by atoms with Gasteiger partial charge in [-0.2, -0.15) is 0 Å². The van der Waals surface area contributed by atoms with Gasteiger partial charge in [-0.1, -0.05) is 49.1 Å². The van der Waals surface area contributed by atoms with Gasteiger partial charge in [0.15, 0.2) is 0 Å². The molecule has 3 N–H and O–H groups in total. The lowest BCUT2D eigenvalue weighted by Gasteiger charge is -2.22. The van der Waals surface area contributed by atoms with Crippen LogP contribution in [0.1, 0.15) is 49.7 Å². The van der Waals surface area contributed by atoms with Gasteiger partial charge in [-0.05, 0) is 31.7 Å². The van der Waals surface area contributed by atoms with Gasteiger partial charge in [-0.25, -0.2) is 0 Å². The second kappa shape index (κ2) is 7.44. The Hall–Kier alpha value is -1.35. The summed E-state index contributed by atoms with van der Waals surface area (Å²) in [5.74, 6) is 0.133. The molecular formula is C17H26N2O. The van der Waals surface area contributed by atoms with Gasteiger partial charge < -0.3 is 11.1 Å². The molecule has 1 fully saturated rings. The summed E-state index contributed by atoms with van der Waals surface area (Å²) >= 11 is 0. The molecule has 110 valence electrons. The number of hydrogen-bond acceptors (Lipinski definition) is 2. The fraction of sp³-hybridized carbons (Fsp3) is 0.588. The quantitative estimate of drug-likeness (QED) is 0.829. The summed E-state index contributed by atoms with van der Waals surface area (Å²) in [6.07, 6.45) is 7.01. The number of nitrogens with two attached hydrogens (primary N) is 1. The van der Waals surface area contributed by atoms with Crippen LogP contribution in [0.2, 0.25) is 0 Å². The van der Waals surface area contributed by atoms with Gasteiger partial charge >= 0.3 is 0 Å². The second-order valence-electron chi connectivity index (χ2n) is 5.96. The molecule has 0 aromatic heterocycles. The summed E-state index contributed by atoms with van der Waals surface area (Å²) in [5.41, 5.74) is 8.61. The first-order chi connectivity index (χ1) is 9.65. The molecule has 1 amide bonds. The fourth-order valence-corrected chi connectivity index (χ4v) is 2.92. The third kappa shape index (κ3) is 4.64. The topological polar surface area (TPSA) is 55.1 Å². The lowest BCUT2D eigenvalue weighted by Crippen LogP contribution is -2.47. The Morgan fingerprint density at radius 2 is 2.10 bits per heavy atom. The van der Waals surface area contributed by atoms with Crippen LogP contribution >= 0.6 is 0 Å². The number of hydrogen-bond donors (Lipinski definition) is 2. The van der Waals surface area contributed by atoms with E-state index in [9.17, 15) is 4.79 Å². The van der Waals surface area contributed by atoms with Crippen LogP contribution in [0.15, 0.2) is 24.3 Å². The van der Waals surface area contributed by atoms with Gasteiger partial charge in [0, 0.05) is 18.5 Å². The molecule has 3 heteroatoms. The highest BCUT2D eigenvalue weighted by Gasteiger charge is 2.21. The van der Waals surface area contributed by atoms with Gasteiger partial charge in [-0.15, -0.1) is 0 Å². The predicted molar refractivity (Wildman–Crippen MR) is 82.5 cm³/mol. The van der Waals surface area contributed by atoms with Gasteiger partial charge in [0.1, 0.15) is 0 Å². The molecule has 2 rings (SSSR count). The molecule has 0 aliphatic heterocycles. The van der Waals surface area contributed by atoms with Crippen molar-refractivity contribution in [1.29, 1.82) is 0 Å². The molecule has 1 aliphatic rings. The summed E-state index contributed by atoms with van der Waals surface area (Å²) in [6, 6.07) is 8.64. The first-order valence-electron chi connectivity index (χ1n) is 7.75. The van der Waals surface area contributed by atoms with Crippen molar-refractivity contribution in [2.45, 2.75) is 64.0 Å². The minimum atomic E-state index is 0.125. The number of rotatable bonds is 4. The molecule has 0 radical (unpaired) electrons. The molecule has 0 spiro atoms. The average molecular weight is 274 g/mol. The number of aryl methyl sites for hydroxylation is 2. The third-order valence-corrected chi connectivity index (χ3v) is 4.14. The number of carbonyl (C=O) groups is 1. The van der Waals surface area contributed by atoms with E-state index in [2.05, 4.69) is 30.4 Å². The van der Waals surface area contributed by atoms with Crippen molar-refractivity contribution in [3.05, 3.63) is 35.4 Å². The predicted octanol–water partition coefficient (Wildman–Crippen LogP) is 2.70. The molecule has 1 aliphatic carbocycles. The van der Waals surface area contributed by atoms with E-state index in [0.717, 1.165) is 19.3 Å². The number of benzene rings is 1. The fourth-order valence-electron chi connectivity index (χ4n) is 2.92. The van der Waals surface area contributed by atoms with Gasteiger partial charge in [0.25, 0.3) is 0 Å². The smallest absolute Gasteiger partial charge is 0.220 e. The Morgan fingerprint density at radius 3 is 2.90 bits per heavy atom. The zero-order valence-corrected chi connectivity index (χ0v) is 12.4. The van der Waals surface area contributed by atoms with E-state index in [1.165, 1.54) is 30.4 Å². The van der Waals surface area contributed by atoms with Crippen LogP contribution < -0.4 is 11.1 Å². The van der Waals surface area contributed by atoms with E-state index in [4.69, 9.17) is 5.73 Å². The van der Waals surface area contributed by atoms with Gasteiger partial charge in [-0.3, -0.25) is 4.79 Å². The zero-order chi connectivity index (χ0) is 14.4. The van der Waals surface area contributed by atoms with Crippen molar-refractivity contribution in [1.82, 2.24) is 5.32 Å². The van der Waals surface area contributed by atoms with Crippen molar-refractivity contribution < 1.29 is 4.79 Å². The normalized spacial score (nSPS) is 23.1. The van der Waals surface area contributed by atoms with Crippen LogP contribution in [-0.4, -0.2) is 18.0 Å². The Labute approximate surface area is 121 Å². The molecule has 20 heavy (non-hydrogen) atoms. The van der Waals surface area contributed by atoms with Gasteiger partial charge in [0.2, 0.25) is 5.91 Å². The van der Waals surface area contributed by atoms with Crippen LogP contribution in [-0.2, 0) is 11.2 Å². The highest BCUT2D eigenvalue weighted by atomic mass is 16.1. The van der Waals surface area contributed by atoms with Gasteiger partial charge in [0.05, 0.1) is 0 Å². The van der Waals surface area contributed by atoms with Crippen molar-refractivity contribution in [2.75, 3.05) is 0 Å². The standard InChI is InChI=1S/C17H26N2O/c1-13-6-5-7-14(12-13)10-11-17(20)19-16-9-4-2-3-8-15(16)18/h5-7,12,15-16H,2-4,8-11,18H2,1H3,(H,19,20). The maximum absolute atomic E-state index is 12.1. The summed E-state index contributed by atoms with van der Waals surface area (Å²) in [5, 5.41) is 3.13. The average Bonchev–Trinajstić information content (AvgIpc) is 2.62. The molecule has 1 saturated carbocycles. The van der Waals surface area contributed by atoms with Crippen molar-refractivity contribution >= 4 is 5.91 Å². The first-order valence-corrected chi connectivity index (χ1v) is 7.75. The molecular weight excluding hydrogens is 248 g/mol. The molecule has 0 heterocycles. The van der Waals surface area contributed by atoms with Crippen molar-refractivity contribution in [2.24, 2.45) is 5.73 Å². The molecule has 2 atom stereocenters. The Balaban J connectivity index is 1.80. The van der Waals surface area contributed by atoms with Crippen molar-refractivity contribution in [3.8, 4) is 0 Å². The lowest BCUT2D eigenvalue weighted by atomic mass is 10.0. The molecule has 2 unspecified atom stereocenters. The number of carbonyl (C=O) groups excluding carboxylic acids is 1. The number of nitrogens with one attached hydrogen (secondary N) is 1. The van der Waals surface area contributed by atoms with Crippen LogP contribution in [0.5, 0.6) is 0 Å². The minimum absolute atomic E-state index is 0.125. The third-order valence-electron chi connectivity index (χ3n) is 4.14. The highest BCUT2D eigenvalue weighted by molar-refractivity contribution is 5.76. The summed E-state index contributed by atoms with van der Waals surface area (Å²) in [4.78, 5) is 12.1. The first kappa shape index (κ1) is 15.0.